The van der Waals surface area contributed by atoms with E-state index in [2.05, 4.69) is 27.6 Å². The summed E-state index contributed by atoms with van der Waals surface area (Å²) in [5, 5.41) is 6.47. The fraction of sp³-hybridized carbons (Fsp3) is 0.632. The highest BCUT2D eigenvalue weighted by atomic mass is 127. The molecule has 1 aromatic rings. The van der Waals surface area contributed by atoms with Crippen LogP contribution >= 0.6 is 24.0 Å². The fourth-order valence-corrected chi connectivity index (χ4v) is 3.18. The van der Waals surface area contributed by atoms with E-state index in [1.54, 1.807) is 19.2 Å². The number of hydrogen-bond acceptors (Lipinski definition) is 3. The van der Waals surface area contributed by atoms with Crippen molar-refractivity contribution in [3.63, 3.8) is 0 Å². The summed E-state index contributed by atoms with van der Waals surface area (Å²) in [4.78, 5) is 6.52. The number of rotatable bonds is 6. The first-order valence-corrected chi connectivity index (χ1v) is 9.19. The molecule has 0 aliphatic carbocycles. The lowest BCUT2D eigenvalue weighted by Gasteiger charge is -2.30. The van der Waals surface area contributed by atoms with E-state index in [0.29, 0.717) is 24.0 Å². The summed E-state index contributed by atoms with van der Waals surface area (Å²) in [6.45, 7) is 3.85. The molecule has 1 aliphatic rings. The molecule has 2 rings (SSSR count). The van der Waals surface area contributed by atoms with Gasteiger partial charge in [0.15, 0.2) is 12.6 Å². The van der Waals surface area contributed by atoms with Crippen molar-refractivity contribution in [2.75, 3.05) is 40.3 Å². The number of halogens is 4. The molecule has 1 aromatic carbocycles. The summed E-state index contributed by atoms with van der Waals surface area (Å²) in [6, 6.07) is 5.25. The van der Waals surface area contributed by atoms with E-state index in [-0.39, 0.29) is 29.7 Å². The second-order valence-electron chi connectivity index (χ2n) is 7.09. The molecule has 28 heavy (non-hydrogen) atoms. The van der Waals surface area contributed by atoms with Gasteiger partial charge in [-0.15, -0.1) is 24.0 Å². The van der Waals surface area contributed by atoms with E-state index < -0.39 is 12.8 Å². The SMILES string of the molecule is CN=C(NCc1ccc(C)cc1OCC(F)(F)F)NCC1CCCN(C)C1.I. The highest BCUT2D eigenvalue weighted by Gasteiger charge is 2.28. The molecule has 1 unspecified atom stereocenters. The molecule has 1 atom stereocenters. The number of nitrogens with zero attached hydrogens (tertiary/aromatic N) is 2. The van der Waals surface area contributed by atoms with E-state index in [4.69, 9.17) is 4.74 Å². The van der Waals surface area contributed by atoms with Crippen molar-refractivity contribution in [1.29, 1.82) is 0 Å². The first-order valence-electron chi connectivity index (χ1n) is 9.19. The molecule has 160 valence electrons. The normalized spacial score (nSPS) is 18.4. The lowest BCUT2D eigenvalue weighted by Crippen LogP contribution is -2.43. The van der Waals surface area contributed by atoms with Crippen LogP contribution in [0.2, 0.25) is 0 Å². The second-order valence-corrected chi connectivity index (χ2v) is 7.09. The molecule has 0 radical (unpaired) electrons. The van der Waals surface area contributed by atoms with Gasteiger partial charge in [0.25, 0.3) is 0 Å². The maximum Gasteiger partial charge on any atom is 0.422 e. The minimum absolute atomic E-state index is 0. The van der Waals surface area contributed by atoms with E-state index in [1.807, 2.05) is 13.0 Å². The van der Waals surface area contributed by atoms with Crippen LogP contribution in [0.1, 0.15) is 24.0 Å². The molecular formula is C19H30F3IN4O. The molecule has 9 heteroatoms. The maximum absolute atomic E-state index is 12.5. The Morgan fingerprint density at radius 1 is 1.32 bits per heavy atom. The van der Waals surface area contributed by atoms with Crippen molar-refractivity contribution in [1.82, 2.24) is 15.5 Å². The van der Waals surface area contributed by atoms with Gasteiger partial charge in [-0.25, -0.2) is 0 Å². The third-order valence-corrected chi connectivity index (χ3v) is 4.56. The number of aryl methyl sites for hydroxylation is 1. The highest BCUT2D eigenvalue weighted by molar-refractivity contribution is 14.0. The van der Waals surface area contributed by atoms with Crippen LogP contribution in [-0.2, 0) is 6.54 Å². The zero-order valence-electron chi connectivity index (χ0n) is 16.6. The molecule has 0 saturated carbocycles. The van der Waals surface area contributed by atoms with Crippen LogP contribution in [0.15, 0.2) is 23.2 Å². The number of aliphatic imine (C=N–C) groups is 1. The zero-order valence-corrected chi connectivity index (χ0v) is 18.9. The average Bonchev–Trinajstić information content (AvgIpc) is 2.60. The third kappa shape index (κ3) is 8.85. The van der Waals surface area contributed by atoms with Gasteiger partial charge in [0.1, 0.15) is 5.75 Å². The summed E-state index contributed by atoms with van der Waals surface area (Å²) in [7, 11) is 3.80. The quantitative estimate of drug-likeness (QED) is 0.347. The van der Waals surface area contributed by atoms with Crippen molar-refractivity contribution < 1.29 is 17.9 Å². The largest absolute Gasteiger partial charge is 0.484 e. The van der Waals surface area contributed by atoms with Crippen LogP contribution < -0.4 is 15.4 Å². The topological polar surface area (TPSA) is 48.9 Å². The second kappa shape index (κ2) is 11.7. The van der Waals surface area contributed by atoms with Crippen molar-refractivity contribution >= 4 is 29.9 Å². The summed E-state index contributed by atoms with van der Waals surface area (Å²) in [5.74, 6) is 1.43. The number of nitrogens with one attached hydrogen (secondary N) is 2. The van der Waals surface area contributed by atoms with E-state index >= 15 is 0 Å². The van der Waals surface area contributed by atoms with E-state index in [9.17, 15) is 13.2 Å². The Hall–Kier alpha value is -1.23. The average molecular weight is 514 g/mol. The van der Waals surface area contributed by atoms with Gasteiger partial charge in [0.2, 0.25) is 0 Å². The minimum atomic E-state index is -4.36. The van der Waals surface area contributed by atoms with Gasteiger partial charge in [0, 0.05) is 32.2 Å². The number of ether oxygens (including phenoxy) is 1. The van der Waals surface area contributed by atoms with Crippen LogP contribution in [0.4, 0.5) is 13.2 Å². The van der Waals surface area contributed by atoms with Crippen molar-refractivity contribution in [2.45, 2.75) is 32.5 Å². The highest BCUT2D eigenvalue weighted by Crippen LogP contribution is 2.23. The number of piperidine rings is 1. The number of guanidine groups is 1. The minimum Gasteiger partial charge on any atom is -0.484 e. The Kier molecular flexibility index (Phi) is 10.4. The molecule has 0 aromatic heterocycles. The number of likely N-dealkylation sites (tertiary alicyclic amines) is 1. The van der Waals surface area contributed by atoms with Gasteiger partial charge in [0.05, 0.1) is 0 Å². The van der Waals surface area contributed by atoms with Gasteiger partial charge < -0.3 is 20.3 Å². The Balaban J connectivity index is 0.00000392. The molecular weight excluding hydrogens is 484 g/mol. The van der Waals surface area contributed by atoms with E-state index in [1.165, 1.54) is 12.8 Å². The predicted octanol–water partition coefficient (Wildman–Crippen LogP) is 3.56. The summed E-state index contributed by atoms with van der Waals surface area (Å²) >= 11 is 0. The summed E-state index contributed by atoms with van der Waals surface area (Å²) in [6.07, 6.45) is -1.99. The molecule has 1 saturated heterocycles. The van der Waals surface area contributed by atoms with Crippen LogP contribution in [0.25, 0.3) is 0 Å². The van der Waals surface area contributed by atoms with Crippen LogP contribution in [-0.4, -0.2) is 57.4 Å². The molecule has 0 spiro atoms. The summed E-state index contributed by atoms with van der Waals surface area (Å²) in [5.41, 5.74) is 1.50. The van der Waals surface area contributed by atoms with Crippen LogP contribution in [0.3, 0.4) is 0 Å². The standard InChI is InChI=1S/C19H29F3N4O.HI/c1-14-6-7-16(17(9-14)27-13-19(20,21)22)11-25-18(23-2)24-10-15-5-4-8-26(3)12-15;/h6-7,9,15H,4-5,8,10-13H2,1-3H3,(H2,23,24,25);1H. The third-order valence-electron chi connectivity index (χ3n) is 4.56. The first kappa shape index (κ1) is 24.8. The van der Waals surface area contributed by atoms with E-state index in [0.717, 1.165) is 25.2 Å². The molecule has 1 aliphatic heterocycles. The number of alkyl halides is 3. The summed E-state index contributed by atoms with van der Waals surface area (Å²) < 4.78 is 42.4. The number of hydrogen-bond donors (Lipinski definition) is 2. The Morgan fingerprint density at radius 3 is 2.71 bits per heavy atom. The first-order chi connectivity index (χ1) is 12.8. The molecule has 0 amide bonds. The molecule has 0 bridgehead atoms. The lowest BCUT2D eigenvalue weighted by atomic mass is 9.99. The maximum atomic E-state index is 12.5. The molecule has 1 fully saturated rings. The molecule has 5 nitrogen and oxygen atoms in total. The fourth-order valence-electron chi connectivity index (χ4n) is 3.18. The van der Waals surface area contributed by atoms with Crippen molar-refractivity contribution in [2.24, 2.45) is 10.9 Å². The van der Waals surface area contributed by atoms with Crippen LogP contribution in [0, 0.1) is 12.8 Å². The monoisotopic (exact) mass is 514 g/mol. The van der Waals surface area contributed by atoms with Gasteiger partial charge in [-0.3, -0.25) is 4.99 Å². The zero-order chi connectivity index (χ0) is 19.9. The van der Waals surface area contributed by atoms with Crippen molar-refractivity contribution in [3.05, 3.63) is 29.3 Å². The Labute approximate surface area is 182 Å². The Morgan fingerprint density at radius 2 is 2.07 bits per heavy atom. The predicted molar refractivity (Wildman–Crippen MR) is 117 cm³/mol. The van der Waals surface area contributed by atoms with Gasteiger partial charge in [-0.1, -0.05) is 12.1 Å². The van der Waals surface area contributed by atoms with Gasteiger partial charge in [-0.2, -0.15) is 13.2 Å². The van der Waals surface area contributed by atoms with Gasteiger partial charge >= 0.3 is 6.18 Å². The van der Waals surface area contributed by atoms with Crippen molar-refractivity contribution in [3.8, 4) is 5.75 Å². The smallest absolute Gasteiger partial charge is 0.422 e. The molecule has 2 N–H and O–H groups in total. The Bertz CT molecular complexity index is 640. The number of benzene rings is 1. The lowest BCUT2D eigenvalue weighted by molar-refractivity contribution is -0.153. The van der Waals surface area contributed by atoms with Gasteiger partial charge in [-0.05, 0) is 50.9 Å². The van der Waals surface area contributed by atoms with Crippen LogP contribution in [0.5, 0.6) is 5.75 Å². The molecule has 1 heterocycles.